The van der Waals surface area contributed by atoms with E-state index in [0.717, 1.165) is 25.7 Å². The van der Waals surface area contributed by atoms with Gasteiger partial charge in [-0.2, -0.15) is 5.26 Å². The quantitative estimate of drug-likeness (QED) is 0.844. The zero-order chi connectivity index (χ0) is 19.1. The highest BCUT2D eigenvalue weighted by atomic mass is 16.5. The predicted molar refractivity (Wildman–Crippen MR) is 101 cm³/mol. The predicted octanol–water partition coefficient (Wildman–Crippen LogP) is 3.47. The average molecular weight is 366 g/mol. The highest BCUT2D eigenvalue weighted by molar-refractivity contribution is 5.89. The normalized spacial score (nSPS) is 18.8. The number of nitriles is 1. The summed E-state index contributed by atoms with van der Waals surface area (Å²) in [5.41, 5.74) is 1.20. The first-order chi connectivity index (χ1) is 13.2. The lowest BCUT2D eigenvalue weighted by molar-refractivity contribution is 0.135. The van der Waals surface area contributed by atoms with Crippen LogP contribution in [0.2, 0.25) is 0 Å². The fourth-order valence-electron chi connectivity index (χ4n) is 3.07. The van der Waals surface area contributed by atoms with Gasteiger partial charge in [-0.1, -0.05) is 6.07 Å². The molecule has 0 bridgehead atoms. The molecule has 140 valence electrons. The van der Waals surface area contributed by atoms with Crippen molar-refractivity contribution in [3.05, 3.63) is 48.2 Å². The Kier molecular flexibility index (Phi) is 6.10. The van der Waals surface area contributed by atoms with Gasteiger partial charge in [0.05, 0.1) is 12.7 Å². The molecule has 0 radical (unpaired) electrons. The number of hydrogen-bond donors (Lipinski definition) is 2. The molecule has 1 saturated carbocycles. The number of hydrogen-bond acceptors (Lipinski definition) is 5. The molecular weight excluding hydrogens is 344 g/mol. The van der Waals surface area contributed by atoms with Gasteiger partial charge in [-0.25, -0.2) is 9.78 Å². The van der Waals surface area contributed by atoms with Crippen molar-refractivity contribution in [2.24, 2.45) is 0 Å². The molecule has 1 heterocycles. The van der Waals surface area contributed by atoms with E-state index in [1.54, 1.807) is 25.3 Å². The summed E-state index contributed by atoms with van der Waals surface area (Å²) in [6, 6.07) is 12.6. The molecule has 2 aromatic rings. The number of aromatic nitrogens is 1. The lowest BCUT2D eigenvalue weighted by Crippen LogP contribution is -2.41. The van der Waals surface area contributed by atoms with Crippen molar-refractivity contribution in [2.45, 2.75) is 37.8 Å². The fourth-order valence-corrected chi connectivity index (χ4v) is 3.07. The van der Waals surface area contributed by atoms with Crippen LogP contribution in [0, 0.1) is 11.3 Å². The zero-order valence-corrected chi connectivity index (χ0v) is 15.1. The van der Waals surface area contributed by atoms with E-state index in [1.165, 1.54) is 6.20 Å². The second kappa shape index (κ2) is 8.90. The van der Waals surface area contributed by atoms with Crippen molar-refractivity contribution in [3.8, 4) is 17.7 Å². The van der Waals surface area contributed by atoms with Crippen molar-refractivity contribution in [3.63, 3.8) is 0 Å². The van der Waals surface area contributed by atoms with Gasteiger partial charge >= 0.3 is 6.03 Å². The van der Waals surface area contributed by atoms with Gasteiger partial charge in [0.2, 0.25) is 5.88 Å². The molecule has 3 rings (SSSR count). The van der Waals surface area contributed by atoms with Gasteiger partial charge < -0.3 is 20.1 Å². The summed E-state index contributed by atoms with van der Waals surface area (Å²) >= 11 is 0. The molecule has 1 fully saturated rings. The summed E-state index contributed by atoms with van der Waals surface area (Å²) in [5, 5.41) is 14.6. The number of anilines is 1. The Hall–Kier alpha value is -3.27. The standard InChI is InChI=1S/C20H22N4O3/c1-26-18-4-2-3-16(11-18)24-20(25)23-15-6-8-17(9-7-15)27-19-10-5-14(12-21)13-22-19/h2-5,10-11,13,15,17H,6-9H2,1H3,(H2,23,24,25). The number of nitrogens with zero attached hydrogens (tertiary/aromatic N) is 2. The summed E-state index contributed by atoms with van der Waals surface area (Å²) in [7, 11) is 1.59. The van der Waals surface area contributed by atoms with Gasteiger partial charge in [0.1, 0.15) is 17.9 Å². The summed E-state index contributed by atoms with van der Waals surface area (Å²) in [6.45, 7) is 0. The average Bonchev–Trinajstić information content (AvgIpc) is 2.70. The van der Waals surface area contributed by atoms with Gasteiger partial charge in [0.25, 0.3) is 0 Å². The minimum atomic E-state index is -0.221. The molecule has 7 nitrogen and oxygen atoms in total. The van der Waals surface area contributed by atoms with Crippen LogP contribution in [0.5, 0.6) is 11.6 Å². The number of ether oxygens (including phenoxy) is 2. The van der Waals surface area contributed by atoms with E-state index in [-0.39, 0.29) is 18.2 Å². The van der Waals surface area contributed by atoms with Crippen LogP contribution in [0.1, 0.15) is 31.2 Å². The maximum absolute atomic E-state index is 12.2. The molecule has 2 N–H and O–H groups in total. The van der Waals surface area contributed by atoms with E-state index in [9.17, 15) is 4.79 Å². The molecule has 1 aliphatic rings. The Morgan fingerprint density at radius 3 is 2.70 bits per heavy atom. The molecule has 1 aliphatic carbocycles. The van der Waals surface area contributed by atoms with Gasteiger partial charge in [-0.3, -0.25) is 0 Å². The van der Waals surface area contributed by atoms with Crippen molar-refractivity contribution in [1.82, 2.24) is 10.3 Å². The number of nitrogens with one attached hydrogen (secondary N) is 2. The van der Waals surface area contributed by atoms with Crippen LogP contribution in [0.15, 0.2) is 42.6 Å². The smallest absolute Gasteiger partial charge is 0.319 e. The molecule has 0 atom stereocenters. The number of rotatable bonds is 5. The van der Waals surface area contributed by atoms with Crippen LogP contribution in [0.4, 0.5) is 10.5 Å². The van der Waals surface area contributed by atoms with E-state index in [1.807, 2.05) is 24.3 Å². The number of benzene rings is 1. The number of urea groups is 1. The first kappa shape index (κ1) is 18.5. The maximum atomic E-state index is 12.2. The SMILES string of the molecule is COc1cccc(NC(=O)NC2CCC(Oc3ccc(C#N)cn3)CC2)c1. The Morgan fingerprint density at radius 1 is 1.22 bits per heavy atom. The van der Waals surface area contributed by atoms with Crippen molar-refractivity contribution >= 4 is 11.7 Å². The lowest BCUT2D eigenvalue weighted by atomic mass is 9.93. The summed E-state index contributed by atoms with van der Waals surface area (Å²) in [4.78, 5) is 16.3. The fraction of sp³-hybridized carbons (Fsp3) is 0.350. The molecule has 2 amide bonds. The molecule has 27 heavy (non-hydrogen) atoms. The monoisotopic (exact) mass is 366 g/mol. The Bertz CT molecular complexity index is 809. The zero-order valence-electron chi connectivity index (χ0n) is 15.1. The number of pyridine rings is 1. The third-order valence-corrected chi connectivity index (χ3v) is 4.49. The number of methoxy groups -OCH3 is 1. The summed E-state index contributed by atoms with van der Waals surface area (Å²) in [5.74, 6) is 1.23. The van der Waals surface area contributed by atoms with Gasteiger partial charge in [0.15, 0.2) is 0 Å². The Labute approximate surface area is 158 Å². The summed E-state index contributed by atoms with van der Waals surface area (Å²) < 4.78 is 11.0. The molecule has 7 heteroatoms. The number of carbonyl (C=O) groups is 1. The summed E-state index contributed by atoms with van der Waals surface area (Å²) in [6.07, 6.45) is 4.94. The third-order valence-electron chi connectivity index (χ3n) is 4.49. The minimum Gasteiger partial charge on any atom is -0.497 e. The molecule has 1 aromatic carbocycles. The molecule has 0 spiro atoms. The van der Waals surface area contributed by atoms with Gasteiger partial charge in [-0.05, 0) is 43.9 Å². The minimum absolute atomic E-state index is 0.0740. The Morgan fingerprint density at radius 2 is 2.04 bits per heavy atom. The van der Waals surface area contributed by atoms with Crippen molar-refractivity contribution < 1.29 is 14.3 Å². The first-order valence-electron chi connectivity index (χ1n) is 8.90. The van der Waals surface area contributed by atoms with Crippen LogP contribution in [0.3, 0.4) is 0 Å². The van der Waals surface area contributed by atoms with Crippen LogP contribution < -0.4 is 20.1 Å². The number of amides is 2. The largest absolute Gasteiger partial charge is 0.497 e. The van der Waals surface area contributed by atoms with E-state index in [2.05, 4.69) is 15.6 Å². The lowest BCUT2D eigenvalue weighted by Gasteiger charge is -2.29. The molecule has 0 aliphatic heterocycles. The van der Waals surface area contributed by atoms with Crippen LogP contribution in [0.25, 0.3) is 0 Å². The van der Waals surface area contributed by atoms with Crippen molar-refractivity contribution in [2.75, 3.05) is 12.4 Å². The molecule has 0 unspecified atom stereocenters. The van der Waals surface area contributed by atoms with Crippen LogP contribution in [-0.2, 0) is 0 Å². The van der Waals surface area contributed by atoms with E-state index in [0.29, 0.717) is 22.9 Å². The topological polar surface area (TPSA) is 96.3 Å². The van der Waals surface area contributed by atoms with Gasteiger partial charge in [-0.15, -0.1) is 0 Å². The first-order valence-corrected chi connectivity index (χ1v) is 8.90. The highest BCUT2D eigenvalue weighted by Crippen LogP contribution is 2.23. The second-order valence-electron chi connectivity index (χ2n) is 6.42. The third kappa shape index (κ3) is 5.35. The maximum Gasteiger partial charge on any atom is 0.319 e. The second-order valence-corrected chi connectivity index (χ2v) is 6.42. The highest BCUT2D eigenvalue weighted by Gasteiger charge is 2.24. The van der Waals surface area contributed by atoms with E-state index < -0.39 is 0 Å². The number of carbonyl (C=O) groups excluding carboxylic acids is 1. The van der Waals surface area contributed by atoms with E-state index in [4.69, 9.17) is 14.7 Å². The molecule has 0 saturated heterocycles. The van der Waals surface area contributed by atoms with Gasteiger partial charge in [0, 0.05) is 30.1 Å². The van der Waals surface area contributed by atoms with Crippen molar-refractivity contribution in [1.29, 1.82) is 5.26 Å². The van der Waals surface area contributed by atoms with E-state index >= 15 is 0 Å². The molecule has 1 aromatic heterocycles. The van der Waals surface area contributed by atoms with Crippen LogP contribution in [-0.4, -0.2) is 30.3 Å². The van der Waals surface area contributed by atoms with Crippen LogP contribution >= 0.6 is 0 Å². The Balaban J connectivity index is 1.43. The molecular formula is C20H22N4O3.